The highest BCUT2D eigenvalue weighted by molar-refractivity contribution is 5.97. The molecule has 2 aromatic heterocycles. The van der Waals surface area contributed by atoms with Crippen molar-refractivity contribution in [2.75, 3.05) is 13.7 Å². The van der Waals surface area contributed by atoms with E-state index in [0.717, 1.165) is 16.9 Å². The number of rotatable bonds is 5. The van der Waals surface area contributed by atoms with Gasteiger partial charge in [0.1, 0.15) is 5.56 Å². The summed E-state index contributed by atoms with van der Waals surface area (Å²) in [5.74, 6) is -0.340. The number of aromatic nitrogens is 2. The van der Waals surface area contributed by atoms with E-state index < -0.39 is 23.4 Å². The number of fused-ring (bicyclic) bond motifs is 1. The fraction of sp³-hybridized carbons (Fsp3) is 0.235. The van der Waals surface area contributed by atoms with Crippen molar-refractivity contribution in [3.8, 4) is 5.75 Å². The van der Waals surface area contributed by atoms with E-state index in [9.17, 15) is 22.8 Å². The van der Waals surface area contributed by atoms with Gasteiger partial charge in [0.2, 0.25) is 0 Å². The first kappa shape index (κ1) is 18.5. The lowest BCUT2D eigenvalue weighted by molar-refractivity contribution is -0.141. The van der Waals surface area contributed by atoms with Crippen molar-refractivity contribution in [2.24, 2.45) is 0 Å². The largest absolute Gasteiger partial charge is 0.493 e. The monoisotopic (exact) mass is 381 g/mol. The number of carbonyl (C=O) groups excluding carboxylic acids is 1. The molecule has 0 radical (unpaired) electrons. The maximum Gasteiger partial charge on any atom is 0.435 e. The average molecular weight is 381 g/mol. The molecular formula is C17H14F3N3O4. The van der Waals surface area contributed by atoms with Crippen LogP contribution in [0.4, 0.5) is 13.2 Å². The summed E-state index contributed by atoms with van der Waals surface area (Å²) in [7, 11) is 1.43. The van der Waals surface area contributed by atoms with Gasteiger partial charge >= 0.3 is 11.8 Å². The zero-order valence-electron chi connectivity index (χ0n) is 14.0. The lowest BCUT2D eigenvalue weighted by atomic mass is 10.1. The molecule has 3 rings (SSSR count). The lowest BCUT2D eigenvalue weighted by Crippen LogP contribution is -2.31. The number of benzene rings is 1. The molecule has 0 fully saturated rings. The summed E-state index contributed by atoms with van der Waals surface area (Å²) in [6.45, 7) is -0.0119. The number of hydrogen-bond donors (Lipinski definition) is 1. The Bertz CT molecular complexity index is 1040. The van der Waals surface area contributed by atoms with Crippen LogP contribution in [0.25, 0.3) is 11.0 Å². The molecule has 2 heterocycles. The molecule has 1 aromatic carbocycles. The van der Waals surface area contributed by atoms with Crippen molar-refractivity contribution >= 4 is 16.9 Å². The molecule has 0 unspecified atom stereocenters. The van der Waals surface area contributed by atoms with Crippen LogP contribution in [-0.2, 0) is 12.7 Å². The van der Waals surface area contributed by atoms with Crippen LogP contribution < -0.4 is 15.7 Å². The number of methoxy groups -OCH3 is 1. The summed E-state index contributed by atoms with van der Waals surface area (Å²) in [4.78, 5) is 24.3. The molecule has 7 nitrogen and oxygen atoms in total. The molecule has 142 valence electrons. The van der Waals surface area contributed by atoms with Crippen molar-refractivity contribution in [1.29, 1.82) is 0 Å². The van der Waals surface area contributed by atoms with E-state index in [2.05, 4.69) is 10.4 Å². The summed E-state index contributed by atoms with van der Waals surface area (Å²) in [6.07, 6.45) is -3.37. The van der Waals surface area contributed by atoms with Gasteiger partial charge in [-0.15, -0.1) is 0 Å². The van der Waals surface area contributed by atoms with E-state index in [1.807, 2.05) is 0 Å². The van der Waals surface area contributed by atoms with E-state index >= 15 is 0 Å². The van der Waals surface area contributed by atoms with Crippen molar-refractivity contribution in [2.45, 2.75) is 12.7 Å². The molecule has 0 aliphatic heterocycles. The number of para-hydroxylation sites is 1. The highest BCUT2D eigenvalue weighted by Crippen LogP contribution is 2.27. The Labute approximate surface area is 150 Å². The Hall–Kier alpha value is -3.30. The third kappa shape index (κ3) is 3.94. The number of halogens is 3. The Morgan fingerprint density at radius 3 is 2.78 bits per heavy atom. The smallest absolute Gasteiger partial charge is 0.435 e. The third-order valence-electron chi connectivity index (χ3n) is 3.75. The van der Waals surface area contributed by atoms with Crippen LogP contribution in [0.2, 0.25) is 0 Å². The maximum absolute atomic E-state index is 12.5. The van der Waals surface area contributed by atoms with Crippen molar-refractivity contribution in [3.05, 3.63) is 58.2 Å². The minimum absolute atomic E-state index is 0.00849. The zero-order chi connectivity index (χ0) is 19.6. The molecule has 0 aliphatic rings. The van der Waals surface area contributed by atoms with Crippen LogP contribution in [0.15, 0.2) is 45.7 Å². The zero-order valence-corrected chi connectivity index (χ0v) is 14.0. The van der Waals surface area contributed by atoms with Gasteiger partial charge in [-0.25, -0.2) is 4.79 Å². The fourth-order valence-electron chi connectivity index (χ4n) is 2.45. The number of ether oxygens (including phenoxy) is 1. The van der Waals surface area contributed by atoms with E-state index in [-0.39, 0.29) is 24.2 Å². The first-order valence-electron chi connectivity index (χ1n) is 7.79. The normalized spacial score (nSPS) is 11.6. The SMILES string of the molecule is COc1cccc2cc(C(=O)NCCn3ccc(C(F)(F)F)n3)c(=O)oc12. The number of nitrogens with zero attached hydrogens (tertiary/aromatic N) is 2. The second-order valence-electron chi connectivity index (χ2n) is 5.54. The predicted octanol–water partition coefficient (Wildman–Crippen LogP) is 2.45. The number of alkyl halides is 3. The van der Waals surface area contributed by atoms with Crippen molar-refractivity contribution < 1.29 is 27.1 Å². The molecule has 10 heteroatoms. The molecule has 27 heavy (non-hydrogen) atoms. The summed E-state index contributed by atoms with van der Waals surface area (Å²) in [5, 5.41) is 6.33. The maximum atomic E-state index is 12.5. The van der Waals surface area contributed by atoms with Crippen molar-refractivity contribution in [1.82, 2.24) is 15.1 Å². The highest BCUT2D eigenvalue weighted by atomic mass is 19.4. The van der Waals surface area contributed by atoms with Crippen molar-refractivity contribution in [3.63, 3.8) is 0 Å². The molecule has 0 spiro atoms. The van der Waals surface area contributed by atoms with E-state index in [0.29, 0.717) is 11.1 Å². The van der Waals surface area contributed by atoms with Crippen LogP contribution in [0.3, 0.4) is 0 Å². The summed E-state index contributed by atoms with van der Waals surface area (Å²) in [6, 6.07) is 7.16. The van der Waals surface area contributed by atoms with Gasteiger partial charge in [0, 0.05) is 18.1 Å². The van der Waals surface area contributed by atoms with Crippen LogP contribution >= 0.6 is 0 Å². The van der Waals surface area contributed by atoms with Gasteiger partial charge in [0.05, 0.1) is 13.7 Å². The molecule has 3 aromatic rings. The number of carbonyl (C=O) groups is 1. The Kier molecular flexibility index (Phi) is 4.89. The molecule has 0 saturated carbocycles. The Morgan fingerprint density at radius 2 is 2.11 bits per heavy atom. The quantitative estimate of drug-likeness (QED) is 0.686. The Morgan fingerprint density at radius 1 is 1.33 bits per heavy atom. The van der Waals surface area contributed by atoms with E-state index in [4.69, 9.17) is 9.15 Å². The minimum atomic E-state index is -4.53. The Balaban J connectivity index is 1.70. The molecule has 1 amide bonds. The van der Waals surface area contributed by atoms with E-state index in [1.54, 1.807) is 18.2 Å². The topological polar surface area (TPSA) is 86.4 Å². The average Bonchev–Trinajstić information content (AvgIpc) is 3.10. The second-order valence-corrected chi connectivity index (χ2v) is 5.54. The summed E-state index contributed by atoms with van der Waals surface area (Å²) in [5.41, 5.74) is -1.86. The minimum Gasteiger partial charge on any atom is -0.493 e. The highest BCUT2D eigenvalue weighted by Gasteiger charge is 2.33. The molecular weight excluding hydrogens is 367 g/mol. The standard InChI is InChI=1S/C17H14F3N3O4/c1-26-12-4-2-3-10-9-11(16(25)27-14(10)12)15(24)21-6-8-23-7-5-13(22-23)17(18,19)20/h2-5,7,9H,6,8H2,1H3,(H,21,24). The van der Waals surface area contributed by atoms with Gasteiger partial charge in [0.15, 0.2) is 17.0 Å². The van der Waals surface area contributed by atoms with Crippen LogP contribution in [-0.4, -0.2) is 29.3 Å². The first-order valence-corrected chi connectivity index (χ1v) is 7.79. The van der Waals surface area contributed by atoms with Crippen LogP contribution in [0.1, 0.15) is 16.1 Å². The third-order valence-corrected chi connectivity index (χ3v) is 3.75. The van der Waals surface area contributed by atoms with Gasteiger partial charge in [-0.05, 0) is 18.2 Å². The fourth-order valence-corrected chi connectivity index (χ4v) is 2.45. The van der Waals surface area contributed by atoms with Gasteiger partial charge in [0.25, 0.3) is 5.91 Å². The number of amides is 1. The van der Waals surface area contributed by atoms with E-state index in [1.165, 1.54) is 13.2 Å². The number of nitrogens with one attached hydrogen (secondary N) is 1. The van der Waals surface area contributed by atoms with Gasteiger partial charge in [-0.1, -0.05) is 12.1 Å². The van der Waals surface area contributed by atoms with Gasteiger partial charge in [-0.3, -0.25) is 9.48 Å². The lowest BCUT2D eigenvalue weighted by Gasteiger charge is -2.07. The van der Waals surface area contributed by atoms with Crippen LogP contribution in [0, 0.1) is 0 Å². The predicted molar refractivity (Wildman–Crippen MR) is 88.6 cm³/mol. The molecule has 0 saturated heterocycles. The van der Waals surface area contributed by atoms with Gasteiger partial charge < -0.3 is 14.5 Å². The summed E-state index contributed by atoms with van der Waals surface area (Å²) < 4.78 is 48.8. The summed E-state index contributed by atoms with van der Waals surface area (Å²) >= 11 is 0. The molecule has 1 N–H and O–H groups in total. The molecule has 0 atom stereocenters. The van der Waals surface area contributed by atoms with Crippen LogP contribution in [0.5, 0.6) is 5.75 Å². The first-order chi connectivity index (χ1) is 12.8. The number of hydrogen-bond acceptors (Lipinski definition) is 5. The molecule has 0 bridgehead atoms. The van der Waals surface area contributed by atoms with Gasteiger partial charge in [-0.2, -0.15) is 18.3 Å². The second kappa shape index (κ2) is 7.14. The molecule has 0 aliphatic carbocycles.